The number of amides is 1. The molecule has 3 N–H and O–H groups in total. The molecule has 29 heavy (non-hydrogen) atoms. The lowest BCUT2D eigenvalue weighted by atomic mass is 9.98. The van der Waals surface area contributed by atoms with Crippen molar-refractivity contribution in [2.24, 2.45) is 0 Å². The Morgan fingerprint density at radius 3 is 2.90 bits per heavy atom. The van der Waals surface area contributed by atoms with Crippen LogP contribution in [0.1, 0.15) is 0 Å². The lowest BCUT2D eigenvalue weighted by Crippen LogP contribution is -2.59. The van der Waals surface area contributed by atoms with Gasteiger partial charge in [-0.25, -0.2) is 8.78 Å². The topological polar surface area (TPSA) is 77.5 Å². The molecule has 1 atom stereocenters. The molecular weight excluding hydrogens is 402 g/mol. The molecule has 3 heterocycles. The number of piperazine rings is 1. The number of aromatic hydroxyl groups is 1. The Labute approximate surface area is 169 Å². The zero-order chi connectivity index (χ0) is 20.3. The van der Waals surface area contributed by atoms with Gasteiger partial charge in [-0.15, -0.1) is 0 Å². The van der Waals surface area contributed by atoms with Gasteiger partial charge in [-0.1, -0.05) is 17.7 Å². The quantitative estimate of drug-likeness (QED) is 0.567. The largest absolute Gasteiger partial charge is 0.507 e. The first kappa shape index (κ1) is 18.1. The van der Waals surface area contributed by atoms with Crippen LogP contribution in [0, 0.1) is 11.6 Å². The van der Waals surface area contributed by atoms with E-state index in [1.165, 1.54) is 24.4 Å². The molecule has 2 aromatic carbocycles. The molecule has 0 aliphatic carbocycles. The van der Waals surface area contributed by atoms with Crippen LogP contribution in [-0.2, 0) is 4.79 Å². The van der Waals surface area contributed by atoms with Crippen LogP contribution < -0.4 is 15.5 Å². The number of halogens is 3. The van der Waals surface area contributed by atoms with Gasteiger partial charge in [0.2, 0.25) is 5.91 Å². The van der Waals surface area contributed by atoms with Crippen molar-refractivity contribution in [3.8, 4) is 16.9 Å². The van der Waals surface area contributed by atoms with Gasteiger partial charge < -0.3 is 20.6 Å². The molecule has 3 aromatic rings. The van der Waals surface area contributed by atoms with E-state index in [0.29, 0.717) is 36.4 Å². The van der Waals surface area contributed by atoms with Crippen molar-refractivity contribution in [3.05, 3.63) is 47.1 Å². The van der Waals surface area contributed by atoms with Crippen LogP contribution in [0.15, 0.2) is 30.5 Å². The number of phenolic OH excluding ortho intramolecular Hbond substituents is 1. The third-order valence-electron chi connectivity index (χ3n) is 5.36. The number of benzene rings is 2. The number of pyridine rings is 1. The number of hydrogen-bond acceptors (Lipinski definition) is 5. The molecule has 0 bridgehead atoms. The van der Waals surface area contributed by atoms with Crippen molar-refractivity contribution in [2.45, 2.75) is 6.04 Å². The van der Waals surface area contributed by atoms with Crippen LogP contribution in [0.3, 0.4) is 0 Å². The van der Waals surface area contributed by atoms with Gasteiger partial charge in [-0.2, -0.15) is 0 Å². The van der Waals surface area contributed by atoms with E-state index in [0.717, 1.165) is 6.07 Å². The number of carbonyl (C=O) groups is 1. The van der Waals surface area contributed by atoms with Crippen LogP contribution in [0.5, 0.6) is 5.75 Å². The summed E-state index contributed by atoms with van der Waals surface area (Å²) in [4.78, 5) is 18.5. The molecule has 0 radical (unpaired) electrons. The minimum atomic E-state index is -0.834. The highest BCUT2D eigenvalue weighted by Gasteiger charge is 2.36. The van der Waals surface area contributed by atoms with Gasteiger partial charge in [-0.05, 0) is 18.2 Å². The van der Waals surface area contributed by atoms with E-state index in [4.69, 9.17) is 11.6 Å². The number of anilines is 2. The minimum Gasteiger partial charge on any atom is -0.507 e. The first-order valence-corrected chi connectivity index (χ1v) is 9.42. The van der Waals surface area contributed by atoms with E-state index in [1.54, 1.807) is 0 Å². The maximum Gasteiger partial charge on any atom is 0.248 e. The number of carbonyl (C=O) groups excluding carboxylic acids is 1. The van der Waals surface area contributed by atoms with Gasteiger partial charge in [-0.3, -0.25) is 9.78 Å². The maximum atomic E-state index is 15.5. The summed E-state index contributed by atoms with van der Waals surface area (Å²) in [5, 5.41) is 16.4. The molecule has 6 nitrogen and oxygen atoms in total. The van der Waals surface area contributed by atoms with Gasteiger partial charge in [0.15, 0.2) is 5.82 Å². The Balaban J connectivity index is 1.79. The molecule has 1 amide bonds. The predicted octanol–water partition coefficient (Wildman–Crippen LogP) is 3.27. The molecule has 2 aliphatic rings. The van der Waals surface area contributed by atoms with Gasteiger partial charge >= 0.3 is 0 Å². The van der Waals surface area contributed by atoms with Crippen LogP contribution in [0.2, 0.25) is 5.02 Å². The number of rotatable bonds is 1. The maximum absolute atomic E-state index is 15.5. The predicted molar refractivity (Wildman–Crippen MR) is 106 cm³/mol. The summed E-state index contributed by atoms with van der Waals surface area (Å²) in [5.41, 5.74) is 0.520. The molecule has 2 aliphatic heterocycles. The highest BCUT2D eigenvalue weighted by atomic mass is 35.5. The van der Waals surface area contributed by atoms with Crippen molar-refractivity contribution in [1.29, 1.82) is 0 Å². The molecule has 148 valence electrons. The molecule has 1 saturated heterocycles. The van der Waals surface area contributed by atoms with E-state index in [-0.39, 0.29) is 27.6 Å². The average molecular weight is 417 g/mol. The number of aromatic nitrogens is 1. The van der Waals surface area contributed by atoms with Crippen LogP contribution in [0.25, 0.3) is 22.0 Å². The first-order valence-electron chi connectivity index (χ1n) is 9.04. The summed E-state index contributed by atoms with van der Waals surface area (Å²) in [7, 11) is 0. The summed E-state index contributed by atoms with van der Waals surface area (Å²) in [5.74, 6) is -2.21. The number of hydrogen-bond donors (Lipinski definition) is 3. The van der Waals surface area contributed by atoms with Crippen molar-refractivity contribution >= 4 is 39.8 Å². The number of nitrogens with one attached hydrogen (secondary N) is 2. The Kier molecular flexibility index (Phi) is 4.07. The van der Waals surface area contributed by atoms with Crippen molar-refractivity contribution in [2.75, 3.05) is 29.9 Å². The smallest absolute Gasteiger partial charge is 0.248 e. The fourth-order valence-electron chi connectivity index (χ4n) is 4.06. The Hall–Kier alpha value is -2.97. The fraction of sp³-hybridized carbons (Fsp3) is 0.200. The highest BCUT2D eigenvalue weighted by molar-refractivity contribution is 6.34. The molecule has 0 saturated carbocycles. The van der Waals surface area contributed by atoms with E-state index >= 15 is 4.39 Å². The zero-order valence-electron chi connectivity index (χ0n) is 15.0. The molecular formula is C20H15ClF2N4O2. The summed E-state index contributed by atoms with van der Waals surface area (Å²) >= 11 is 6.37. The third kappa shape index (κ3) is 2.63. The summed E-state index contributed by atoms with van der Waals surface area (Å²) in [6, 6.07) is 4.78. The Bertz CT molecular complexity index is 1170. The van der Waals surface area contributed by atoms with Crippen LogP contribution in [0.4, 0.5) is 20.2 Å². The summed E-state index contributed by atoms with van der Waals surface area (Å²) < 4.78 is 29.9. The van der Waals surface area contributed by atoms with Gasteiger partial charge in [0.1, 0.15) is 23.1 Å². The van der Waals surface area contributed by atoms with E-state index in [9.17, 15) is 14.3 Å². The van der Waals surface area contributed by atoms with Crippen LogP contribution >= 0.6 is 11.6 Å². The standard InChI is InChI=1S/C20H15ClF2N4O2/c21-10-6-9-18(17(23)15(10)16-11(22)2-1-3-14(16)28)25-7-12-19(9)27-5-4-24-8-13(27)20(29)26-12/h1-3,6-7,13,24,28H,4-5,8H2,(H,26,29)/t13-/m1/s1. The fourth-order valence-corrected chi connectivity index (χ4v) is 4.35. The second kappa shape index (κ2) is 6.53. The van der Waals surface area contributed by atoms with Gasteiger partial charge in [0, 0.05) is 30.6 Å². The highest BCUT2D eigenvalue weighted by Crippen LogP contribution is 2.45. The van der Waals surface area contributed by atoms with E-state index in [2.05, 4.69) is 15.6 Å². The molecule has 9 heteroatoms. The second-order valence-corrected chi connectivity index (χ2v) is 7.41. The second-order valence-electron chi connectivity index (χ2n) is 7.00. The monoisotopic (exact) mass is 416 g/mol. The average Bonchev–Trinajstić information content (AvgIpc) is 2.70. The van der Waals surface area contributed by atoms with Crippen molar-refractivity contribution in [3.63, 3.8) is 0 Å². The normalized spacial score (nSPS) is 18.4. The van der Waals surface area contributed by atoms with Crippen molar-refractivity contribution in [1.82, 2.24) is 10.3 Å². The third-order valence-corrected chi connectivity index (χ3v) is 5.66. The van der Waals surface area contributed by atoms with Crippen molar-refractivity contribution < 1.29 is 18.7 Å². The van der Waals surface area contributed by atoms with E-state index in [1.807, 2.05) is 4.90 Å². The lowest BCUT2D eigenvalue weighted by Gasteiger charge is -2.41. The molecule has 5 rings (SSSR count). The van der Waals surface area contributed by atoms with E-state index < -0.39 is 23.4 Å². The summed E-state index contributed by atoms with van der Waals surface area (Å²) in [6.45, 7) is 1.69. The molecule has 1 aromatic heterocycles. The lowest BCUT2D eigenvalue weighted by molar-refractivity contribution is -0.117. The first-order chi connectivity index (χ1) is 14.0. The molecule has 0 unspecified atom stereocenters. The summed E-state index contributed by atoms with van der Waals surface area (Å²) in [6.07, 6.45) is 1.38. The van der Waals surface area contributed by atoms with Gasteiger partial charge in [0.25, 0.3) is 0 Å². The number of phenols is 1. The molecule has 1 fully saturated rings. The van der Waals surface area contributed by atoms with Crippen LogP contribution in [-0.4, -0.2) is 41.7 Å². The minimum absolute atomic E-state index is 0.0146. The Morgan fingerprint density at radius 2 is 2.10 bits per heavy atom. The van der Waals surface area contributed by atoms with Gasteiger partial charge in [0.05, 0.1) is 28.2 Å². The SMILES string of the molecule is O=C1Nc2cnc3c(F)c(-c4c(O)cccc4F)c(Cl)cc3c2N2CCNC[C@H]12. The number of fused-ring (bicyclic) bond motifs is 5. The Morgan fingerprint density at radius 1 is 1.28 bits per heavy atom. The zero-order valence-corrected chi connectivity index (χ0v) is 15.7. The number of nitrogens with zero attached hydrogens (tertiary/aromatic N) is 2. The molecule has 0 spiro atoms.